The Morgan fingerprint density at radius 2 is 1.76 bits per heavy atom. The van der Waals surface area contributed by atoms with Gasteiger partial charge in [-0.2, -0.15) is 5.26 Å². The van der Waals surface area contributed by atoms with Crippen LogP contribution in [0.3, 0.4) is 0 Å². The molecule has 6 nitrogen and oxygen atoms in total. The first-order chi connectivity index (χ1) is 18.1. The van der Waals surface area contributed by atoms with Crippen LogP contribution < -0.4 is 15.4 Å². The average Bonchev–Trinajstić information content (AvgIpc) is 2.93. The van der Waals surface area contributed by atoms with Gasteiger partial charge in [0.2, 0.25) is 0 Å². The van der Waals surface area contributed by atoms with E-state index in [-0.39, 0.29) is 11.7 Å². The fraction of sp³-hybridized carbons (Fsp3) is 0.194. The SMILES string of the molecule is CCOc1ccccc1C1C(C#N)=C2N=C(N)c3ccccc3N2C2=C1C(=O)CC(c1ccccc1)C2. The number of nitrogens with zero attached hydrogens (tertiary/aromatic N) is 3. The van der Waals surface area contributed by atoms with E-state index in [1.54, 1.807) is 0 Å². The normalized spacial score (nSPS) is 20.5. The lowest BCUT2D eigenvalue weighted by molar-refractivity contribution is -0.116. The van der Waals surface area contributed by atoms with Crippen molar-refractivity contribution in [3.8, 4) is 11.8 Å². The Hall–Kier alpha value is -4.63. The third kappa shape index (κ3) is 3.63. The highest BCUT2D eigenvalue weighted by Crippen LogP contribution is 2.52. The summed E-state index contributed by atoms with van der Waals surface area (Å²) >= 11 is 0. The Bertz CT molecular complexity index is 1540. The molecule has 0 spiro atoms. The van der Waals surface area contributed by atoms with E-state index < -0.39 is 5.92 Å². The van der Waals surface area contributed by atoms with Crippen LogP contribution >= 0.6 is 0 Å². The number of hydrogen-bond donors (Lipinski definition) is 1. The largest absolute Gasteiger partial charge is 0.494 e. The summed E-state index contributed by atoms with van der Waals surface area (Å²) in [7, 11) is 0. The number of anilines is 1. The number of nitriles is 1. The molecule has 6 heteroatoms. The number of rotatable bonds is 4. The molecule has 37 heavy (non-hydrogen) atoms. The van der Waals surface area contributed by atoms with Crippen LogP contribution in [-0.4, -0.2) is 18.2 Å². The summed E-state index contributed by atoms with van der Waals surface area (Å²) in [6.07, 6.45) is 1.02. The number of benzene rings is 3. The zero-order valence-corrected chi connectivity index (χ0v) is 20.5. The summed E-state index contributed by atoms with van der Waals surface area (Å²) in [5, 5.41) is 10.5. The summed E-state index contributed by atoms with van der Waals surface area (Å²) in [5.41, 5.74) is 11.9. The van der Waals surface area contributed by atoms with Crippen molar-refractivity contribution in [1.82, 2.24) is 0 Å². The van der Waals surface area contributed by atoms with Gasteiger partial charge in [-0.1, -0.05) is 60.7 Å². The zero-order valence-electron chi connectivity index (χ0n) is 20.5. The topological polar surface area (TPSA) is 91.7 Å². The van der Waals surface area contributed by atoms with E-state index in [1.807, 2.05) is 78.6 Å². The molecular weight excluding hydrogens is 460 g/mol. The third-order valence-corrected chi connectivity index (χ3v) is 7.35. The first-order valence-electron chi connectivity index (χ1n) is 12.5. The second-order valence-corrected chi connectivity index (χ2v) is 9.40. The van der Waals surface area contributed by atoms with Gasteiger partial charge in [-0.15, -0.1) is 0 Å². The molecule has 2 N–H and O–H groups in total. The van der Waals surface area contributed by atoms with Crippen LogP contribution in [0.1, 0.15) is 48.3 Å². The third-order valence-electron chi connectivity index (χ3n) is 7.35. The summed E-state index contributed by atoms with van der Waals surface area (Å²) in [6.45, 7) is 2.40. The van der Waals surface area contributed by atoms with Crippen LogP contribution in [0.15, 0.2) is 107 Å². The quantitative estimate of drug-likeness (QED) is 0.522. The van der Waals surface area contributed by atoms with E-state index >= 15 is 0 Å². The number of allylic oxidation sites excluding steroid dienone is 3. The molecular formula is C31H26N4O2. The Kier molecular flexibility index (Phi) is 5.61. The molecule has 0 fully saturated rings. The molecule has 0 saturated heterocycles. The number of para-hydroxylation sites is 2. The maximum atomic E-state index is 14.1. The van der Waals surface area contributed by atoms with Gasteiger partial charge in [0.1, 0.15) is 11.6 Å². The van der Waals surface area contributed by atoms with Crippen LogP contribution in [0.2, 0.25) is 0 Å². The number of ether oxygens (including phenoxy) is 1. The summed E-state index contributed by atoms with van der Waals surface area (Å²) in [5.74, 6) is 0.982. The van der Waals surface area contributed by atoms with E-state index in [2.05, 4.69) is 18.2 Å². The second kappa shape index (κ2) is 9.11. The molecule has 0 amide bonds. The molecule has 0 aromatic heterocycles. The van der Waals surface area contributed by atoms with Gasteiger partial charge < -0.3 is 10.5 Å². The van der Waals surface area contributed by atoms with Crippen molar-refractivity contribution in [2.45, 2.75) is 31.6 Å². The van der Waals surface area contributed by atoms with Gasteiger partial charge in [0.05, 0.1) is 29.9 Å². The van der Waals surface area contributed by atoms with Crippen LogP contribution in [0.5, 0.6) is 5.75 Å². The molecule has 182 valence electrons. The van der Waals surface area contributed by atoms with Gasteiger partial charge in [-0.3, -0.25) is 9.69 Å². The number of fused-ring (bicyclic) bond motifs is 4. The molecule has 0 bridgehead atoms. The van der Waals surface area contributed by atoms with Crippen molar-refractivity contribution < 1.29 is 9.53 Å². The maximum Gasteiger partial charge on any atom is 0.162 e. The number of carbonyl (C=O) groups excluding carboxylic acids is 1. The van der Waals surface area contributed by atoms with Gasteiger partial charge in [-0.05, 0) is 43.0 Å². The number of nitrogens with two attached hydrogens (primary N) is 1. The molecule has 3 aliphatic rings. The number of Topliss-reactive ketones (excluding diaryl/α,β-unsaturated/α-hetero) is 1. The first kappa shape index (κ1) is 22.8. The van der Waals surface area contributed by atoms with Gasteiger partial charge >= 0.3 is 0 Å². The second-order valence-electron chi connectivity index (χ2n) is 9.40. The van der Waals surface area contributed by atoms with Crippen LogP contribution in [-0.2, 0) is 4.79 Å². The minimum absolute atomic E-state index is 0.0236. The molecule has 3 aromatic rings. The Balaban J connectivity index is 1.63. The fourth-order valence-electron chi connectivity index (χ4n) is 5.79. The van der Waals surface area contributed by atoms with Crippen molar-refractivity contribution in [3.63, 3.8) is 0 Å². The van der Waals surface area contributed by atoms with Crippen molar-refractivity contribution in [2.75, 3.05) is 11.5 Å². The molecule has 0 saturated carbocycles. The highest BCUT2D eigenvalue weighted by atomic mass is 16.5. The molecule has 1 aliphatic carbocycles. The predicted molar refractivity (Wildman–Crippen MR) is 143 cm³/mol. The smallest absolute Gasteiger partial charge is 0.162 e. The van der Waals surface area contributed by atoms with Gasteiger partial charge in [0.15, 0.2) is 11.6 Å². The van der Waals surface area contributed by atoms with E-state index in [0.29, 0.717) is 48.0 Å². The molecule has 0 radical (unpaired) electrons. The Morgan fingerprint density at radius 3 is 2.54 bits per heavy atom. The molecule has 2 heterocycles. The standard InChI is InChI=1S/C31H26N4O2/c1-2-37-27-15-9-7-13-22(27)28-23(18-32)31-34-30(33)21-12-6-8-14-24(21)35(31)25-16-20(17-26(36)29(25)28)19-10-4-3-5-11-19/h3-15,20,28H,2,16-17H2,1H3,(H2,33,34). The highest BCUT2D eigenvalue weighted by Gasteiger charge is 2.45. The van der Waals surface area contributed by atoms with Gasteiger partial charge in [0, 0.05) is 28.8 Å². The maximum absolute atomic E-state index is 14.1. The lowest BCUT2D eigenvalue weighted by atomic mass is 9.71. The van der Waals surface area contributed by atoms with Gasteiger partial charge in [0.25, 0.3) is 0 Å². The van der Waals surface area contributed by atoms with Crippen LogP contribution in [0.25, 0.3) is 0 Å². The van der Waals surface area contributed by atoms with Crippen molar-refractivity contribution in [3.05, 3.63) is 118 Å². The van der Waals surface area contributed by atoms with E-state index in [9.17, 15) is 10.1 Å². The molecule has 2 unspecified atom stereocenters. The van der Waals surface area contributed by atoms with Crippen molar-refractivity contribution in [2.24, 2.45) is 10.7 Å². The Morgan fingerprint density at radius 1 is 1.03 bits per heavy atom. The van der Waals surface area contributed by atoms with Crippen molar-refractivity contribution in [1.29, 1.82) is 5.26 Å². The number of hydrogen-bond acceptors (Lipinski definition) is 6. The zero-order chi connectivity index (χ0) is 25.5. The summed E-state index contributed by atoms with van der Waals surface area (Å²) in [6, 6.07) is 27.9. The van der Waals surface area contributed by atoms with Crippen LogP contribution in [0.4, 0.5) is 5.69 Å². The van der Waals surface area contributed by atoms with Gasteiger partial charge in [-0.25, -0.2) is 4.99 Å². The molecule has 6 rings (SSSR count). The van der Waals surface area contributed by atoms with E-state index in [4.69, 9.17) is 15.5 Å². The minimum Gasteiger partial charge on any atom is -0.494 e. The lowest BCUT2D eigenvalue weighted by Gasteiger charge is -2.43. The van der Waals surface area contributed by atoms with Crippen molar-refractivity contribution >= 4 is 17.3 Å². The molecule has 2 atom stereocenters. The minimum atomic E-state index is -0.583. The predicted octanol–water partition coefficient (Wildman–Crippen LogP) is 5.54. The number of amidine groups is 1. The Labute approximate surface area is 216 Å². The van der Waals surface area contributed by atoms with Crippen LogP contribution in [0, 0.1) is 11.3 Å². The van der Waals surface area contributed by atoms with E-state index in [0.717, 1.165) is 28.1 Å². The highest BCUT2D eigenvalue weighted by molar-refractivity contribution is 6.08. The monoisotopic (exact) mass is 486 g/mol. The number of carbonyl (C=O) groups is 1. The fourth-order valence-corrected chi connectivity index (χ4v) is 5.79. The first-order valence-corrected chi connectivity index (χ1v) is 12.5. The lowest BCUT2D eigenvalue weighted by Crippen LogP contribution is -2.40. The number of ketones is 1. The van der Waals surface area contributed by atoms with E-state index in [1.165, 1.54) is 0 Å². The number of aliphatic imine (C=N–C) groups is 1. The summed E-state index contributed by atoms with van der Waals surface area (Å²) < 4.78 is 5.96. The average molecular weight is 487 g/mol. The summed E-state index contributed by atoms with van der Waals surface area (Å²) in [4.78, 5) is 20.8. The molecule has 2 aliphatic heterocycles. The molecule has 3 aromatic carbocycles.